The molecule has 1 aliphatic heterocycles. The number of ether oxygens (including phenoxy) is 1. The Bertz CT molecular complexity index is 1320. The third-order valence-electron chi connectivity index (χ3n) is 6.35. The lowest BCUT2D eigenvalue weighted by Gasteiger charge is -2.32. The van der Waals surface area contributed by atoms with Gasteiger partial charge in [-0.15, -0.1) is 0 Å². The van der Waals surface area contributed by atoms with Crippen molar-refractivity contribution in [1.29, 1.82) is 0 Å². The molecule has 37 heavy (non-hydrogen) atoms. The molecular formula is C26H32N10O. The van der Waals surface area contributed by atoms with Gasteiger partial charge in [0.25, 0.3) is 0 Å². The summed E-state index contributed by atoms with van der Waals surface area (Å²) < 4.78 is 7.60. The Balaban J connectivity index is 1.17. The van der Waals surface area contributed by atoms with E-state index in [-0.39, 0.29) is 0 Å². The molecule has 4 heterocycles. The van der Waals surface area contributed by atoms with Crippen LogP contribution in [0.25, 0.3) is 22.6 Å². The van der Waals surface area contributed by atoms with E-state index in [1.54, 1.807) is 29.5 Å². The highest BCUT2D eigenvalue weighted by molar-refractivity contribution is 5.64. The van der Waals surface area contributed by atoms with E-state index in [1.165, 1.54) is 0 Å². The molecule has 192 valence electrons. The van der Waals surface area contributed by atoms with Gasteiger partial charge >= 0.3 is 0 Å². The number of nitrogens with zero attached hydrogens (tertiary/aromatic N) is 8. The number of aryl methyl sites for hydroxylation is 1. The van der Waals surface area contributed by atoms with Gasteiger partial charge in [0.05, 0.1) is 30.5 Å². The van der Waals surface area contributed by atoms with Crippen LogP contribution in [0.4, 0.5) is 11.6 Å². The van der Waals surface area contributed by atoms with Gasteiger partial charge in [-0.25, -0.2) is 19.9 Å². The van der Waals surface area contributed by atoms with Gasteiger partial charge in [-0.1, -0.05) is 18.2 Å². The second-order valence-electron chi connectivity index (χ2n) is 9.18. The maximum Gasteiger partial charge on any atom is 0.169 e. The molecule has 0 radical (unpaired) electrons. The third kappa shape index (κ3) is 6.38. The Morgan fingerprint density at radius 2 is 1.78 bits per heavy atom. The van der Waals surface area contributed by atoms with E-state index in [4.69, 9.17) is 10.5 Å². The first-order valence-electron chi connectivity index (χ1n) is 12.3. The molecule has 0 bridgehead atoms. The van der Waals surface area contributed by atoms with Crippen LogP contribution in [0.1, 0.15) is 5.56 Å². The zero-order valence-electron chi connectivity index (χ0n) is 21.2. The second kappa shape index (κ2) is 11.3. The first kappa shape index (κ1) is 24.6. The van der Waals surface area contributed by atoms with Crippen LogP contribution in [0.3, 0.4) is 0 Å². The van der Waals surface area contributed by atoms with E-state index in [0.717, 1.165) is 49.4 Å². The van der Waals surface area contributed by atoms with Gasteiger partial charge < -0.3 is 20.7 Å². The van der Waals surface area contributed by atoms with Crippen LogP contribution in [0.2, 0.25) is 0 Å². The van der Waals surface area contributed by atoms with Crippen molar-refractivity contribution >= 4 is 11.6 Å². The number of anilines is 2. The van der Waals surface area contributed by atoms with Crippen molar-refractivity contribution in [3.63, 3.8) is 0 Å². The molecule has 0 atom stereocenters. The van der Waals surface area contributed by atoms with Crippen molar-refractivity contribution in [2.45, 2.75) is 6.54 Å². The van der Waals surface area contributed by atoms with E-state index < -0.39 is 0 Å². The normalized spacial score (nSPS) is 14.5. The Morgan fingerprint density at radius 1 is 0.973 bits per heavy atom. The Morgan fingerprint density at radius 3 is 2.54 bits per heavy atom. The smallest absolute Gasteiger partial charge is 0.169 e. The van der Waals surface area contributed by atoms with E-state index in [1.807, 2.05) is 37.5 Å². The van der Waals surface area contributed by atoms with Crippen molar-refractivity contribution in [2.24, 2.45) is 7.05 Å². The number of likely N-dealkylation sites (N-methyl/N-ethyl adjacent to an activating group) is 1. The van der Waals surface area contributed by atoms with Gasteiger partial charge in [0, 0.05) is 63.6 Å². The van der Waals surface area contributed by atoms with Crippen molar-refractivity contribution in [3.8, 4) is 28.4 Å². The number of hydrogen-bond donors (Lipinski definition) is 2. The number of aromatic nitrogens is 6. The molecule has 0 aliphatic carbocycles. The molecule has 0 unspecified atom stereocenters. The fourth-order valence-corrected chi connectivity index (χ4v) is 4.13. The molecule has 4 aromatic rings. The van der Waals surface area contributed by atoms with Gasteiger partial charge in [-0.3, -0.25) is 9.58 Å². The van der Waals surface area contributed by atoms with Crippen molar-refractivity contribution in [2.75, 3.05) is 57.4 Å². The number of benzene rings is 1. The van der Waals surface area contributed by atoms with E-state index in [9.17, 15) is 0 Å². The summed E-state index contributed by atoms with van der Waals surface area (Å²) >= 11 is 0. The zero-order chi connectivity index (χ0) is 25.6. The highest BCUT2D eigenvalue weighted by atomic mass is 16.5. The lowest BCUT2D eigenvalue weighted by Crippen LogP contribution is -2.45. The average Bonchev–Trinajstić information content (AvgIpc) is 3.36. The number of nitrogen functional groups attached to an aromatic ring is 1. The maximum absolute atomic E-state index is 6.06. The maximum atomic E-state index is 6.06. The monoisotopic (exact) mass is 500 g/mol. The highest BCUT2D eigenvalue weighted by Gasteiger charge is 2.13. The topological polar surface area (TPSA) is 123 Å². The summed E-state index contributed by atoms with van der Waals surface area (Å²) in [7, 11) is 4.02. The number of piperazine rings is 1. The first-order chi connectivity index (χ1) is 18.0. The molecule has 5 rings (SSSR count). The number of rotatable bonds is 9. The number of nitrogens with two attached hydrogens (primary N) is 1. The lowest BCUT2D eigenvalue weighted by atomic mass is 10.1. The molecule has 11 nitrogen and oxygen atoms in total. The summed E-state index contributed by atoms with van der Waals surface area (Å²) in [5, 5.41) is 7.49. The second-order valence-corrected chi connectivity index (χ2v) is 9.18. The van der Waals surface area contributed by atoms with Gasteiger partial charge in [0.2, 0.25) is 0 Å². The zero-order valence-corrected chi connectivity index (χ0v) is 21.2. The molecular weight excluding hydrogens is 468 g/mol. The molecule has 3 aromatic heterocycles. The van der Waals surface area contributed by atoms with Crippen LogP contribution in [0, 0.1) is 0 Å². The minimum Gasteiger partial charge on any atom is -0.489 e. The molecule has 1 fully saturated rings. The highest BCUT2D eigenvalue weighted by Crippen LogP contribution is 2.22. The minimum atomic E-state index is 0.343. The molecule has 1 aromatic carbocycles. The fraction of sp³-hybridized carbons (Fsp3) is 0.346. The van der Waals surface area contributed by atoms with Gasteiger partial charge in [-0.05, 0) is 18.7 Å². The predicted molar refractivity (Wildman–Crippen MR) is 143 cm³/mol. The summed E-state index contributed by atoms with van der Waals surface area (Å²) in [5.41, 5.74) is 9.61. The SMILES string of the molecule is CN1CCN(CCOc2cnc(-c3cccc(CNc4nc(-c5cnn(C)c5)cnc4N)c3)nc2)CC1. The van der Waals surface area contributed by atoms with E-state index >= 15 is 0 Å². The Hall–Kier alpha value is -4.09. The van der Waals surface area contributed by atoms with E-state index in [2.05, 4.69) is 47.2 Å². The molecule has 1 aliphatic rings. The molecule has 0 spiro atoms. The van der Waals surface area contributed by atoms with Crippen LogP contribution in [0.5, 0.6) is 5.75 Å². The summed E-state index contributed by atoms with van der Waals surface area (Å²) in [6.45, 7) is 6.42. The van der Waals surface area contributed by atoms with Crippen molar-refractivity contribution in [1.82, 2.24) is 39.5 Å². The summed E-state index contributed by atoms with van der Waals surface area (Å²) in [6, 6.07) is 8.05. The van der Waals surface area contributed by atoms with Gasteiger partial charge in [-0.2, -0.15) is 5.10 Å². The summed E-state index contributed by atoms with van der Waals surface area (Å²) in [6.07, 6.45) is 8.75. The van der Waals surface area contributed by atoms with Crippen LogP contribution >= 0.6 is 0 Å². The number of hydrogen-bond acceptors (Lipinski definition) is 10. The first-order valence-corrected chi connectivity index (χ1v) is 12.3. The molecule has 0 saturated carbocycles. The molecule has 3 N–H and O–H groups in total. The van der Waals surface area contributed by atoms with Crippen LogP contribution < -0.4 is 15.8 Å². The minimum absolute atomic E-state index is 0.343. The molecule has 1 saturated heterocycles. The van der Waals surface area contributed by atoms with Gasteiger partial charge in [0.15, 0.2) is 23.2 Å². The lowest BCUT2D eigenvalue weighted by molar-refractivity contribution is 0.133. The Kier molecular flexibility index (Phi) is 7.52. The average molecular weight is 501 g/mol. The standard InChI is InChI=1S/C26H32N10O/c1-34-6-8-36(9-7-34)10-11-37-22-15-30-25(31-16-22)20-5-3-4-19(12-20)13-29-26-24(27)28-17-23(33-26)21-14-32-35(2)18-21/h3-5,12,14-18H,6-11,13H2,1-2H3,(H2,27,28)(H,29,33). The summed E-state index contributed by atoms with van der Waals surface area (Å²) in [5.74, 6) is 2.20. The number of nitrogens with one attached hydrogen (secondary N) is 1. The van der Waals surface area contributed by atoms with E-state index in [0.29, 0.717) is 42.1 Å². The van der Waals surface area contributed by atoms with Crippen molar-refractivity contribution < 1.29 is 4.74 Å². The van der Waals surface area contributed by atoms with Crippen LogP contribution in [0.15, 0.2) is 55.2 Å². The van der Waals surface area contributed by atoms with Crippen LogP contribution in [-0.2, 0) is 13.6 Å². The quantitative estimate of drug-likeness (QED) is 0.353. The fourth-order valence-electron chi connectivity index (χ4n) is 4.13. The van der Waals surface area contributed by atoms with Crippen molar-refractivity contribution in [3.05, 3.63) is 60.8 Å². The third-order valence-corrected chi connectivity index (χ3v) is 6.35. The largest absolute Gasteiger partial charge is 0.489 e. The summed E-state index contributed by atoms with van der Waals surface area (Å²) in [4.78, 5) is 22.7. The molecule has 11 heteroatoms. The van der Waals surface area contributed by atoms with Gasteiger partial charge in [0.1, 0.15) is 6.61 Å². The molecule has 0 amide bonds. The Labute approximate surface area is 216 Å². The van der Waals surface area contributed by atoms with Crippen LogP contribution in [-0.4, -0.2) is 85.9 Å². The predicted octanol–water partition coefficient (Wildman–Crippen LogP) is 2.15.